The molecule has 2 aromatic carbocycles. The number of hydrogen-bond donors (Lipinski definition) is 2. The lowest BCUT2D eigenvalue weighted by molar-refractivity contribution is 0.166. The van der Waals surface area contributed by atoms with Gasteiger partial charge in [-0.2, -0.15) is 0 Å². The third kappa shape index (κ3) is 4.15. The van der Waals surface area contributed by atoms with Gasteiger partial charge in [0.15, 0.2) is 0 Å². The third-order valence-electron chi connectivity index (χ3n) is 4.99. The second-order valence-corrected chi connectivity index (χ2v) is 9.17. The number of aliphatic hydroxyl groups is 1. The van der Waals surface area contributed by atoms with Crippen molar-refractivity contribution in [2.45, 2.75) is 43.1 Å². The van der Waals surface area contributed by atoms with Crippen molar-refractivity contribution in [3.05, 3.63) is 48.0 Å². The van der Waals surface area contributed by atoms with Crippen LogP contribution in [0.2, 0.25) is 0 Å². The van der Waals surface area contributed by atoms with E-state index in [1.807, 2.05) is 36.4 Å². The predicted octanol–water partition coefficient (Wildman–Crippen LogP) is 2.82. The maximum absolute atomic E-state index is 11.7. The summed E-state index contributed by atoms with van der Waals surface area (Å²) in [5.41, 5.74) is 0.886. The average molecular weight is 347 g/mol. The molecule has 1 saturated carbocycles. The van der Waals surface area contributed by atoms with Crippen LogP contribution in [0.5, 0.6) is 0 Å². The van der Waals surface area contributed by atoms with Gasteiger partial charge >= 0.3 is 0 Å². The lowest BCUT2D eigenvalue weighted by Gasteiger charge is -2.29. The fraction of sp³-hybridized carbons (Fsp3) is 0.474. The van der Waals surface area contributed by atoms with Gasteiger partial charge in [0.2, 0.25) is 0 Å². The Kier molecular flexibility index (Phi) is 5.23. The van der Waals surface area contributed by atoms with E-state index in [-0.39, 0.29) is 11.3 Å². The van der Waals surface area contributed by atoms with Gasteiger partial charge in [-0.3, -0.25) is 0 Å². The van der Waals surface area contributed by atoms with E-state index in [1.165, 1.54) is 6.26 Å². The van der Waals surface area contributed by atoms with Gasteiger partial charge in [-0.05, 0) is 41.7 Å². The summed E-state index contributed by atoms with van der Waals surface area (Å²) in [5, 5.41) is 15.8. The van der Waals surface area contributed by atoms with Crippen molar-refractivity contribution in [2.75, 3.05) is 12.8 Å². The Hall–Kier alpha value is -1.43. The Morgan fingerprint density at radius 3 is 2.67 bits per heavy atom. The van der Waals surface area contributed by atoms with Crippen LogP contribution in [-0.2, 0) is 9.84 Å². The molecule has 0 radical (unpaired) electrons. The Morgan fingerprint density at radius 2 is 1.92 bits per heavy atom. The largest absolute Gasteiger partial charge is 0.387 e. The van der Waals surface area contributed by atoms with Crippen molar-refractivity contribution in [1.29, 1.82) is 0 Å². The molecule has 2 aromatic rings. The summed E-state index contributed by atoms with van der Waals surface area (Å²) in [4.78, 5) is 0. The fourth-order valence-corrected chi connectivity index (χ4v) is 4.71. The maximum Gasteiger partial charge on any atom is 0.150 e. The highest BCUT2D eigenvalue weighted by Gasteiger charge is 2.28. The molecule has 0 bridgehead atoms. The molecule has 5 heteroatoms. The van der Waals surface area contributed by atoms with Gasteiger partial charge in [0, 0.05) is 18.8 Å². The number of hydrogen-bond acceptors (Lipinski definition) is 4. The minimum absolute atomic E-state index is 0.161. The van der Waals surface area contributed by atoms with Gasteiger partial charge in [0.25, 0.3) is 0 Å². The van der Waals surface area contributed by atoms with Gasteiger partial charge in [-0.25, -0.2) is 8.42 Å². The molecule has 1 fully saturated rings. The number of sulfone groups is 1. The summed E-state index contributed by atoms with van der Waals surface area (Å²) in [6.45, 7) is 0.444. The molecule has 24 heavy (non-hydrogen) atoms. The van der Waals surface area contributed by atoms with Crippen molar-refractivity contribution in [3.63, 3.8) is 0 Å². The SMILES string of the molecule is CS(=O)(=O)C1CCCC(NCC(O)c2ccc3ccccc3c2)C1. The molecule has 3 rings (SSSR count). The predicted molar refractivity (Wildman–Crippen MR) is 97.8 cm³/mol. The zero-order chi connectivity index (χ0) is 17.2. The Balaban J connectivity index is 1.61. The Morgan fingerprint density at radius 1 is 1.17 bits per heavy atom. The van der Waals surface area contributed by atoms with Gasteiger partial charge in [0.05, 0.1) is 11.4 Å². The standard InChI is InChI=1S/C19H25NO3S/c1-24(22,23)18-8-4-7-17(12-18)20-13-19(21)16-10-9-14-5-2-3-6-15(14)11-16/h2-3,5-6,9-11,17-21H,4,7-8,12-13H2,1H3. The summed E-state index contributed by atoms with van der Waals surface area (Å²) >= 11 is 0. The van der Waals surface area contributed by atoms with Crippen molar-refractivity contribution in [1.82, 2.24) is 5.32 Å². The van der Waals surface area contributed by atoms with Crippen molar-refractivity contribution in [2.24, 2.45) is 0 Å². The van der Waals surface area contributed by atoms with Crippen molar-refractivity contribution >= 4 is 20.6 Å². The van der Waals surface area contributed by atoms with Crippen LogP contribution in [0.1, 0.15) is 37.4 Å². The molecule has 1 aliphatic rings. The minimum atomic E-state index is -2.98. The lowest BCUT2D eigenvalue weighted by Crippen LogP contribution is -2.40. The first kappa shape index (κ1) is 17.4. The highest BCUT2D eigenvalue weighted by atomic mass is 32.2. The average Bonchev–Trinajstić information content (AvgIpc) is 2.59. The monoisotopic (exact) mass is 347 g/mol. The van der Waals surface area contributed by atoms with E-state index >= 15 is 0 Å². The van der Waals surface area contributed by atoms with Crippen LogP contribution in [0, 0.1) is 0 Å². The highest BCUT2D eigenvalue weighted by Crippen LogP contribution is 2.25. The molecule has 0 aliphatic heterocycles. The zero-order valence-electron chi connectivity index (χ0n) is 14.0. The number of aliphatic hydroxyl groups excluding tert-OH is 1. The number of benzene rings is 2. The van der Waals surface area contributed by atoms with E-state index in [9.17, 15) is 13.5 Å². The second-order valence-electron chi connectivity index (χ2n) is 6.85. The van der Waals surface area contributed by atoms with Gasteiger partial charge < -0.3 is 10.4 Å². The molecule has 0 amide bonds. The molecule has 0 spiro atoms. The molecule has 4 nitrogen and oxygen atoms in total. The quantitative estimate of drug-likeness (QED) is 0.873. The third-order valence-corrected chi connectivity index (χ3v) is 6.63. The molecule has 0 saturated heterocycles. The first-order valence-electron chi connectivity index (χ1n) is 8.52. The van der Waals surface area contributed by atoms with Gasteiger partial charge in [0.1, 0.15) is 9.84 Å². The van der Waals surface area contributed by atoms with Crippen LogP contribution >= 0.6 is 0 Å². The van der Waals surface area contributed by atoms with Crippen LogP contribution in [0.25, 0.3) is 10.8 Å². The number of fused-ring (bicyclic) bond motifs is 1. The smallest absolute Gasteiger partial charge is 0.150 e. The number of nitrogens with one attached hydrogen (secondary N) is 1. The van der Waals surface area contributed by atoms with Gasteiger partial charge in [-0.1, -0.05) is 42.8 Å². The lowest BCUT2D eigenvalue weighted by atomic mass is 9.94. The molecule has 1 aliphatic carbocycles. The molecule has 0 aromatic heterocycles. The molecular formula is C19H25NO3S. The van der Waals surface area contributed by atoms with Crippen LogP contribution in [0.15, 0.2) is 42.5 Å². The Labute approximate surface area is 143 Å². The van der Waals surface area contributed by atoms with Crippen LogP contribution in [0.4, 0.5) is 0 Å². The van der Waals surface area contributed by atoms with E-state index in [1.54, 1.807) is 0 Å². The number of rotatable bonds is 5. The van der Waals surface area contributed by atoms with Crippen LogP contribution in [0.3, 0.4) is 0 Å². The van der Waals surface area contributed by atoms with E-state index in [2.05, 4.69) is 11.4 Å². The highest BCUT2D eigenvalue weighted by molar-refractivity contribution is 7.91. The first-order valence-corrected chi connectivity index (χ1v) is 10.5. The maximum atomic E-state index is 11.7. The normalized spacial score (nSPS) is 23.2. The fourth-order valence-electron chi connectivity index (χ4n) is 3.53. The summed E-state index contributed by atoms with van der Waals surface area (Å²) in [6, 6.07) is 14.2. The minimum Gasteiger partial charge on any atom is -0.387 e. The van der Waals surface area contributed by atoms with Gasteiger partial charge in [-0.15, -0.1) is 0 Å². The topological polar surface area (TPSA) is 66.4 Å². The molecule has 3 unspecified atom stereocenters. The van der Waals surface area contributed by atoms with E-state index in [4.69, 9.17) is 0 Å². The van der Waals surface area contributed by atoms with E-state index in [0.717, 1.165) is 35.6 Å². The first-order chi connectivity index (χ1) is 11.4. The molecular weight excluding hydrogens is 322 g/mol. The summed E-state index contributed by atoms with van der Waals surface area (Å²) in [5.74, 6) is 0. The molecule has 3 atom stereocenters. The van der Waals surface area contributed by atoms with E-state index < -0.39 is 15.9 Å². The van der Waals surface area contributed by atoms with Crippen LogP contribution in [-0.4, -0.2) is 37.6 Å². The summed E-state index contributed by atoms with van der Waals surface area (Å²) in [6.07, 6.45) is 4.02. The van der Waals surface area contributed by atoms with Crippen LogP contribution < -0.4 is 5.32 Å². The second kappa shape index (κ2) is 7.21. The van der Waals surface area contributed by atoms with E-state index in [0.29, 0.717) is 13.0 Å². The summed E-state index contributed by atoms with van der Waals surface area (Å²) < 4.78 is 23.5. The Bertz CT molecular complexity index is 803. The zero-order valence-corrected chi connectivity index (χ0v) is 14.8. The molecule has 130 valence electrons. The molecule has 0 heterocycles. The van der Waals surface area contributed by atoms with Crippen molar-refractivity contribution < 1.29 is 13.5 Å². The summed E-state index contributed by atoms with van der Waals surface area (Å²) in [7, 11) is -2.98. The molecule has 2 N–H and O–H groups in total. The van der Waals surface area contributed by atoms with Crippen molar-refractivity contribution in [3.8, 4) is 0 Å².